The third kappa shape index (κ3) is 4.92. The first-order valence-corrected chi connectivity index (χ1v) is 12.7. The number of aromatic hydroxyl groups is 1. The Bertz CT molecular complexity index is 1760. The summed E-state index contributed by atoms with van der Waals surface area (Å²) in [5, 5.41) is 12.3. The standard InChI is InChI=1S/C29H25BrN4O4/c1-17-3-5-18(6-4-17)26(31-14-13-19-16-32-24-12-11-22(38-2)15-23(19)24)25-27(35)33-29(37)34(28(25)36)21-9-7-20(30)8-10-21/h3-12,15-16,32,36H,13-14H2,1-2H3,(H,33,35,37). The van der Waals surface area contributed by atoms with E-state index in [1.807, 2.05) is 55.6 Å². The first-order valence-electron chi connectivity index (χ1n) is 12.0. The Balaban J connectivity index is 1.60. The topological polar surface area (TPSA) is 112 Å². The Labute approximate surface area is 226 Å². The van der Waals surface area contributed by atoms with Crippen LogP contribution in [-0.4, -0.2) is 39.0 Å². The van der Waals surface area contributed by atoms with Crippen LogP contribution in [0.15, 0.2) is 92.0 Å². The van der Waals surface area contributed by atoms with E-state index < -0.39 is 17.1 Å². The maximum Gasteiger partial charge on any atom is 0.335 e. The summed E-state index contributed by atoms with van der Waals surface area (Å²) in [6.07, 6.45) is 2.51. The summed E-state index contributed by atoms with van der Waals surface area (Å²) in [6.45, 7) is 2.30. The van der Waals surface area contributed by atoms with E-state index in [2.05, 4.69) is 25.9 Å². The molecule has 5 aromatic rings. The second-order valence-corrected chi connectivity index (χ2v) is 9.76. The van der Waals surface area contributed by atoms with E-state index in [1.54, 1.807) is 31.4 Å². The number of benzene rings is 3. The Morgan fingerprint density at radius 2 is 1.79 bits per heavy atom. The molecule has 8 nitrogen and oxygen atoms in total. The molecule has 2 aromatic heterocycles. The zero-order valence-corrected chi connectivity index (χ0v) is 22.4. The summed E-state index contributed by atoms with van der Waals surface area (Å²) < 4.78 is 7.25. The van der Waals surface area contributed by atoms with E-state index in [1.165, 1.54) is 0 Å². The predicted octanol–water partition coefficient (Wildman–Crippen LogP) is 4.87. The van der Waals surface area contributed by atoms with Crippen molar-refractivity contribution in [1.29, 1.82) is 0 Å². The van der Waals surface area contributed by atoms with Crippen molar-refractivity contribution in [3.63, 3.8) is 0 Å². The van der Waals surface area contributed by atoms with Crippen molar-refractivity contribution in [1.82, 2.24) is 14.5 Å². The quantitative estimate of drug-likeness (QED) is 0.241. The van der Waals surface area contributed by atoms with Gasteiger partial charge in [-0.2, -0.15) is 0 Å². The fourth-order valence-electron chi connectivity index (χ4n) is 4.37. The predicted molar refractivity (Wildman–Crippen MR) is 152 cm³/mol. The number of nitrogens with one attached hydrogen (secondary N) is 2. The molecule has 0 radical (unpaired) electrons. The zero-order valence-electron chi connectivity index (χ0n) is 20.8. The van der Waals surface area contributed by atoms with Gasteiger partial charge in [0, 0.05) is 33.7 Å². The lowest BCUT2D eigenvalue weighted by atomic mass is 10.0. The van der Waals surface area contributed by atoms with Gasteiger partial charge < -0.3 is 14.8 Å². The summed E-state index contributed by atoms with van der Waals surface area (Å²) in [5.74, 6) is 0.283. The zero-order chi connectivity index (χ0) is 26.8. The largest absolute Gasteiger partial charge is 0.497 e. The van der Waals surface area contributed by atoms with Crippen molar-refractivity contribution in [2.24, 2.45) is 4.99 Å². The summed E-state index contributed by atoms with van der Waals surface area (Å²) in [5.41, 5.74) is 2.90. The van der Waals surface area contributed by atoms with E-state index >= 15 is 0 Å². The number of aliphatic imine (C=N–C) groups is 1. The molecule has 3 aromatic carbocycles. The van der Waals surface area contributed by atoms with Gasteiger partial charge in [0.25, 0.3) is 5.56 Å². The number of hydrogen-bond donors (Lipinski definition) is 3. The lowest BCUT2D eigenvalue weighted by molar-refractivity contribution is 0.415. The number of ether oxygens (including phenoxy) is 1. The molecule has 0 unspecified atom stereocenters. The fraction of sp³-hybridized carbons (Fsp3) is 0.138. The average molecular weight is 573 g/mol. The molecule has 192 valence electrons. The van der Waals surface area contributed by atoms with Crippen LogP contribution in [0.1, 0.15) is 22.3 Å². The van der Waals surface area contributed by atoms with Gasteiger partial charge in [-0.05, 0) is 61.4 Å². The normalized spacial score (nSPS) is 11.7. The molecule has 0 saturated heterocycles. The highest BCUT2D eigenvalue weighted by atomic mass is 79.9. The minimum absolute atomic E-state index is 0.0723. The molecule has 0 amide bonds. The monoisotopic (exact) mass is 572 g/mol. The van der Waals surface area contributed by atoms with Gasteiger partial charge in [0.05, 0.1) is 18.5 Å². The van der Waals surface area contributed by atoms with Crippen LogP contribution >= 0.6 is 15.9 Å². The number of halogens is 1. The molecule has 0 aliphatic rings. The minimum Gasteiger partial charge on any atom is -0.497 e. The second-order valence-electron chi connectivity index (χ2n) is 8.84. The minimum atomic E-state index is -0.741. The molecule has 0 bridgehead atoms. The van der Waals surface area contributed by atoms with E-state index in [4.69, 9.17) is 9.73 Å². The van der Waals surface area contributed by atoms with Crippen LogP contribution in [0, 0.1) is 6.92 Å². The maximum absolute atomic E-state index is 13.1. The number of rotatable bonds is 7. The highest BCUT2D eigenvalue weighted by Crippen LogP contribution is 2.25. The molecule has 0 aliphatic heterocycles. The molecule has 9 heteroatoms. The molecule has 38 heavy (non-hydrogen) atoms. The molecular formula is C29H25BrN4O4. The third-order valence-corrected chi connectivity index (χ3v) is 6.89. The van der Waals surface area contributed by atoms with Crippen LogP contribution in [-0.2, 0) is 6.42 Å². The lowest BCUT2D eigenvalue weighted by Gasteiger charge is -2.14. The lowest BCUT2D eigenvalue weighted by Crippen LogP contribution is -2.33. The van der Waals surface area contributed by atoms with Crippen molar-refractivity contribution in [2.45, 2.75) is 13.3 Å². The molecule has 0 spiro atoms. The first-order chi connectivity index (χ1) is 18.4. The molecular weight excluding hydrogens is 548 g/mol. The highest BCUT2D eigenvalue weighted by Gasteiger charge is 2.22. The van der Waals surface area contributed by atoms with Gasteiger partial charge in [0.1, 0.15) is 11.3 Å². The van der Waals surface area contributed by atoms with Gasteiger partial charge in [-0.3, -0.25) is 14.8 Å². The summed E-state index contributed by atoms with van der Waals surface area (Å²) in [6, 6.07) is 20.2. The molecule has 0 aliphatic carbocycles. The Hall–Kier alpha value is -4.37. The number of H-pyrrole nitrogens is 2. The SMILES string of the molecule is COc1ccc2[nH]cc(CCN=C(c3ccc(C)cc3)c3c(O)n(-c4ccc(Br)cc4)c(=O)[nH]c3=O)c2c1. The number of aryl methyl sites for hydroxylation is 1. The van der Waals surface area contributed by atoms with Gasteiger partial charge in [-0.1, -0.05) is 45.8 Å². The van der Waals surface area contributed by atoms with Crippen LogP contribution in [0.5, 0.6) is 11.6 Å². The van der Waals surface area contributed by atoms with E-state index in [-0.39, 0.29) is 5.56 Å². The number of aromatic nitrogens is 3. The average Bonchev–Trinajstić information content (AvgIpc) is 3.31. The number of methoxy groups -OCH3 is 1. The first kappa shape index (κ1) is 25.3. The van der Waals surface area contributed by atoms with Crippen molar-refractivity contribution < 1.29 is 9.84 Å². The van der Waals surface area contributed by atoms with Gasteiger partial charge in [-0.15, -0.1) is 0 Å². The molecule has 0 saturated carbocycles. The molecule has 3 N–H and O–H groups in total. The molecule has 2 heterocycles. The Kier molecular flexibility index (Phi) is 7.02. The highest BCUT2D eigenvalue weighted by molar-refractivity contribution is 9.10. The summed E-state index contributed by atoms with van der Waals surface area (Å²) in [4.78, 5) is 36.2. The van der Waals surface area contributed by atoms with Crippen molar-refractivity contribution >= 4 is 32.5 Å². The Morgan fingerprint density at radius 3 is 2.50 bits per heavy atom. The summed E-state index contributed by atoms with van der Waals surface area (Å²) >= 11 is 3.37. The number of fused-ring (bicyclic) bond motifs is 1. The van der Waals surface area contributed by atoms with Gasteiger partial charge in [0.2, 0.25) is 5.88 Å². The number of aromatic amines is 2. The van der Waals surface area contributed by atoms with E-state index in [0.717, 1.165) is 36.8 Å². The van der Waals surface area contributed by atoms with Crippen molar-refractivity contribution in [3.8, 4) is 17.3 Å². The van der Waals surface area contributed by atoms with Crippen LogP contribution in [0.4, 0.5) is 0 Å². The number of nitrogens with zero attached hydrogens (tertiary/aromatic N) is 2. The van der Waals surface area contributed by atoms with Gasteiger partial charge in [-0.25, -0.2) is 9.36 Å². The van der Waals surface area contributed by atoms with Crippen molar-refractivity contribution in [2.75, 3.05) is 13.7 Å². The van der Waals surface area contributed by atoms with Crippen molar-refractivity contribution in [3.05, 3.63) is 120 Å². The van der Waals surface area contributed by atoms with Gasteiger partial charge in [0.15, 0.2) is 0 Å². The third-order valence-electron chi connectivity index (χ3n) is 6.36. The Morgan fingerprint density at radius 1 is 1.05 bits per heavy atom. The maximum atomic E-state index is 13.1. The molecule has 5 rings (SSSR count). The fourth-order valence-corrected chi connectivity index (χ4v) is 4.64. The molecule has 0 atom stereocenters. The van der Waals surface area contributed by atoms with Crippen LogP contribution < -0.4 is 16.0 Å². The second kappa shape index (κ2) is 10.5. The van der Waals surface area contributed by atoms with Crippen LogP contribution in [0.2, 0.25) is 0 Å². The number of hydrogen-bond acceptors (Lipinski definition) is 5. The van der Waals surface area contributed by atoms with E-state index in [0.29, 0.717) is 29.9 Å². The van der Waals surface area contributed by atoms with Crippen LogP contribution in [0.25, 0.3) is 16.6 Å². The summed E-state index contributed by atoms with van der Waals surface area (Å²) in [7, 11) is 1.63. The molecule has 0 fully saturated rings. The van der Waals surface area contributed by atoms with Crippen LogP contribution in [0.3, 0.4) is 0 Å². The smallest absolute Gasteiger partial charge is 0.335 e. The van der Waals surface area contributed by atoms with E-state index in [9.17, 15) is 14.7 Å². The van der Waals surface area contributed by atoms with Gasteiger partial charge >= 0.3 is 5.69 Å².